The molecule has 194 valence electrons. The molecule has 0 radical (unpaired) electrons. The number of hydrogen-bond acceptors (Lipinski definition) is 3. The highest BCUT2D eigenvalue weighted by Crippen LogP contribution is 2.31. The van der Waals surface area contributed by atoms with Gasteiger partial charge in [-0.3, -0.25) is 5.32 Å². The van der Waals surface area contributed by atoms with Crippen molar-refractivity contribution in [1.82, 2.24) is 10.6 Å². The molecule has 5 aromatic carbocycles. The van der Waals surface area contributed by atoms with Crippen molar-refractivity contribution in [2.75, 3.05) is 0 Å². The van der Waals surface area contributed by atoms with Crippen molar-refractivity contribution in [2.24, 2.45) is 5.73 Å². The molecular formula is C36H32BN3. The van der Waals surface area contributed by atoms with Crippen LogP contribution >= 0.6 is 0 Å². The minimum Gasteiger partial charge on any atom is -0.371 e. The van der Waals surface area contributed by atoms with E-state index in [4.69, 9.17) is 5.73 Å². The summed E-state index contributed by atoms with van der Waals surface area (Å²) in [7, 11) is 2.09. The molecule has 0 aliphatic carbocycles. The first kappa shape index (κ1) is 25.6. The zero-order valence-electron chi connectivity index (χ0n) is 22.6. The Morgan fingerprint density at radius 2 is 1.05 bits per heavy atom. The molecule has 40 heavy (non-hydrogen) atoms. The van der Waals surface area contributed by atoms with Crippen LogP contribution < -0.4 is 21.8 Å². The molecule has 3 nitrogen and oxygen atoms in total. The molecule has 0 bridgehead atoms. The van der Waals surface area contributed by atoms with Crippen molar-refractivity contribution in [3.05, 3.63) is 162 Å². The molecule has 2 unspecified atom stereocenters. The largest absolute Gasteiger partial charge is 0.371 e. The number of nitrogens with one attached hydrogen (secondary N) is 2. The summed E-state index contributed by atoms with van der Waals surface area (Å²) in [4.78, 5) is 0. The summed E-state index contributed by atoms with van der Waals surface area (Å²) in [5.74, 6) is 0. The second kappa shape index (κ2) is 11.6. The van der Waals surface area contributed by atoms with Gasteiger partial charge in [-0.25, -0.2) is 0 Å². The van der Waals surface area contributed by atoms with Gasteiger partial charge in [0.15, 0.2) is 0 Å². The van der Waals surface area contributed by atoms with E-state index in [1.807, 2.05) is 12.1 Å². The van der Waals surface area contributed by atoms with Gasteiger partial charge in [0.25, 0.3) is 0 Å². The Hall–Kier alpha value is -4.64. The molecule has 6 rings (SSSR count). The lowest BCUT2D eigenvalue weighted by Crippen LogP contribution is -2.46. The lowest BCUT2D eigenvalue weighted by molar-refractivity contribution is 0.475. The molecule has 4 N–H and O–H groups in total. The lowest BCUT2D eigenvalue weighted by Gasteiger charge is -2.30. The maximum absolute atomic E-state index is 6.64. The van der Waals surface area contributed by atoms with Crippen molar-refractivity contribution >= 4 is 24.5 Å². The van der Waals surface area contributed by atoms with Crippen LogP contribution in [0.5, 0.6) is 0 Å². The quantitative estimate of drug-likeness (QED) is 0.187. The predicted molar refractivity (Wildman–Crippen MR) is 171 cm³/mol. The normalized spacial score (nSPS) is 15.5. The highest BCUT2D eigenvalue weighted by atomic mass is 15.2. The van der Waals surface area contributed by atoms with Gasteiger partial charge in [-0.15, -0.1) is 0 Å². The van der Waals surface area contributed by atoms with Crippen molar-refractivity contribution in [3.8, 4) is 22.3 Å². The first-order chi connectivity index (χ1) is 19.6. The van der Waals surface area contributed by atoms with Crippen LogP contribution in [0.1, 0.15) is 22.9 Å². The van der Waals surface area contributed by atoms with Gasteiger partial charge in [0.05, 0.1) is 6.17 Å². The second-order valence-corrected chi connectivity index (χ2v) is 10.2. The van der Waals surface area contributed by atoms with E-state index in [2.05, 4.69) is 152 Å². The fourth-order valence-electron chi connectivity index (χ4n) is 5.13. The smallest absolute Gasteiger partial charge is 0.139 e. The minimum absolute atomic E-state index is 0.147. The van der Waals surface area contributed by atoms with E-state index in [0.29, 0.717) is 0 Å². The minimum atomic E-state index is -0.315. The molecule has 2 atom stereocenters. The Bertz CT molecular complexity index is 1620. The molecule has 0 saturated carbocycles. The molecule has 1 heterocycles. The fourth-order valence-corrected chi connectivity index (χ4v) is 5.13. The van der Waals surface area contributed by atoms with Crippen LogP contribution in [0.3, 0.4) is 0 Å². The Kier molecular flexibility index (Phi) is 7.45. The lowest BCUT2D eigenvalue weighted by atomic mass is 9.92. The Labute approximate surface area is 237 Å². The Morgan fingerprint density at radius 3 is 1.60 bits per heavy atom. The van der Waals surface area contributed by atoms with E-state index in [1.54, 1.807) is 0 Å². The van der Waals surface area contributed by atoms with Gasteiger partial charge in [-0.2, -0.15) is 0 Å². The third-order valence-corrected chi connectivity index (χ3v) is 7.46. The van der Waals surface area contributed by atoms with E-state index in [-0.39, 0.29) is 12.3 Å². The monoisotopic (exact) mass is 517 g/mol. The van der Waals surface area contributed by atoms with Gasteiger partial charge in [0.1, 0.15) is 14.0 Å². The summed E-state index contributed by atoms with van der Waals surface area (Å²) in [6, 6.07) is 46.8. The number of dihydropyridines is 1. The maximum Gasteiger partial charge on any atom is 0.139 e. The Morgan fingerprint density at radius 1 is 0.575 bits per heavy atom. The number of rotatable bonds is 7. The molecular weight excluding hydrogens is 485 g/mol. The summed E-state index contributed by atoms with van der Waals surface area (Å²) in [6.45, 7) is 0. The van der Waals surface area contributed by atoms with Crippen LogP contribution in [-0.2, 0) is 0 Å². The number of nitrogens with two attached hydrogens (primary N) is 1. The molecule has 0 spiro atoms. The van der Waals surface area contributed by atoms with E-state index in [9.17, 15) is 0 Å². The van der Waals surface area contributed by atoms with Crippen molar-refractivity contribution in [2.45, 2.75) is 12.3 Å². The number of hydrogen-bond donors (Lipinski definition) is 3. The van der Waals surface area contributed by atoms with E-state index < -0.39 is 0 Å². The van der Waals surface area contributed by atoms with Crippen LogP contribution in [0.4, 0.5) is 0 Å². The maximum atomic E-state index is 6.64. The van der Waals surface area contributed by atoms with E-state index >= 15 is 0 Å². The average Bonchev–Trinajstić information content (AvgIpc) is 3.02. The summed E-state index contributed by atoms with van der Waals surface area (Å²) in [6.07, 6.45) is 3.89. The van der Waals surface area contributed by atoms with Crippen LogP contribution in [-0.4, -0.2) is 14.0 Å². The fraction of sp³-hybridized carbons (Fsp3) is 0.0556. The van der Waals surface area contributed by atoms with Gasteiger partial charge in [0, 0.05) is 6.20 Å². The highest BCUT2D eigenvalue weighted by molar-refractivity contribution is 6.32. The summed E-state index contributed by atoms with van der Waals surface area (Å²) in [5, 5.41) is 7.21. The summed E-state index contributed by atoms with van der Waals surface area (Å²) >= 11 is 0. The topological polar surface area (TPSA) is 50.1 Å². The van der Waals surface area contributed by atoms with Crippen LogP contribution in [0.15, 0.2) is 146 Å². The predicted octanol–water partition coefficient (Wildman–Crippen LogP) is 5.88. The highest BCUT2D eigenvalue weighted by Gasteiger charge is 2.22. The average molecular weight is 517 g/mol. The Balaban J connectivity index is 1.31. The zero-order chi connectivity index (χ0) is 27.3. The zero-order valence-corrected chi connectivity index (χ0v) is 22.6. The molecule has 0 amide bonds. The molecule has 1 aliphatic heterocycles. The summed E-state index contributed by atoms with van der Waals surface area (Å²) < 4.78 is 0. The van der Waals surface area contributed by atoms with Crippen LogP contribution in [0.2, 0.25) is 0 Å². The molecule has 0 fully saturated rings. The van der Waals surface area contributed by atoms with Gasteiger partial charge in [-0.1, -0.05) is 139 Å². The van der Waals surface area contributed by atoms with Gasteiger partial charge in [-0.05, 0) is 56.2 Å². The standard InChI is InChI=1S/C36H32BN3/c37-33-21-19-31(20-22-33)35(38)40-36-34(30-17-15-28(16-18-30)26-9-5-2-6-10-26)23-32(24-39-36)29-13-11-27(12-14-29)25-7-3-1-4-8-25/h1-24,35-36,39-40H,37-38H2. The molecule has 5 aromatic rings. The van der Waals surface area contributed by atoms with E-state index in [0.717, 1.165) is 27.8 Å². The molecule has 0 aromatic heterocycles. The second-order valence-electron chi connectivity index (χ2n) is 10.2. The van der Waals surface area contributed by atoms with Crippen molar-refractivity contribution in [3.63, 3.8) is 0 Å². The van der Waals surface area contributed by atoms with Crippen LogP contribution in [0, 0.1) is 0 Å². The van der Waals surface area contributed by atoms with Crippen LogP contribution in [0.25, 0.3) is 33.4 Å². The first-order valence-corrected chi connectivity index (χ1v) is 13.7. The molecule has 4 heteroatoms. The van der Waals surface area contributed by atoms with Crippen molar-refractivity contribution < 1.29 is 0 Å². The molecule has 0 saturated heterocycles. The van der Waals surface area contributed by atoms with Gasteiger partial charge >= 0.3 is 0 Å². The first-order valence-electron chi connectivity index (χ1n) is 13.7. The van der Waals surface area contributed by atoms with E-state index in [1.165, 1.54) is 27.7 Å². The van der Waals surface area contributed by atoms with Gasteiger partial charge < -0.3 is 11.1 Å². The number of allylic oxidation sites excluding steroid dienone is 2. The van der Waals surface area contributed by atoms with Crippen molar-refractivity contribution in [1.29, 1.82) is 0 Å². The summed E-state index contributed by atoms with van der Waals surface area (Å²) in [5.41, 5.74) is 18.3. The number of benzene rings is 5. The van der Waals surface area contributed by atoms with Gasteiger partial charge in [0.2, 0.25) is 0 Å². The third-order valence-electron chi connectivity index (χ3n) is 7.46. The SMILES string of the molecule is Bc1ccc(C(N)NC2NC=C(c3ccc(-c4ccccc4)cc3)C=C2c2ccc(-c3ccccc3)cc2)cc1. The molecule has 1 aliphatic rings. The third kappa shape index (κ3) is 5.69.